The van der Waals surface area contributed by atoms with E-state index in [0.717, 1.165) is 39.0 Å². The second-order valence-corrected chi connectivity index (χ2v) is 11.2. The minimum Gasteiger partial charge on any atom is -0.461 e. The van der Waals surface area contributed by atoms with Crippen LogP contribution in [0.4, 0.5) is 5.82 Å². The summed E-state index contributed by atoms with van der Waals surface area (Å²) in [6, 6.07) is 17.7. The van der Waals surface area contributed by atoms with Gasteiger partial charge in [0.2, 0.25) is 0 Å². The third-order valence-electron chi connectivity index (χ3n) is 7.13. The third kappa shape index (κ3) is 6.32. The van der Waals surface area contributed by atoms with Gasteiger partial charge < -0.3 is 19.8 Å². The maximum atomic E-state index is 12.9. The number of ether oxygens (including phenoxy) is 1. The van der Waals surface area contributed by atoms with Crippen molar-refractivity contribution in [2.75, 3.05) is 32.0 Å². The molecule has 1 amide bonds. The molecule has 0 bridgehead atoms. The summed E-state index contributed by atoms with van der Waals surface area (Å²) >= 11 is 0. The third-order valence-corrected chi connectivity index (χ3v) is 7.13. The summed E-state index contributed by atoms with van der Waals surface area (Å²) in [7, 11) is 0. The highest BCUT2D eigenvalue weighted by Gasteiger charge is 2.22. The maximum absolute atomic E-state index is 12.9. The zero-order valence-electron chi connectivity index (χ0n) is 23.3. The summed E-state index contributed by atoms with van der Waals surface area (Å²) in [6.45, 7) is 8.90. The van der Waals surface area contributed by atoms with Gasteiger partial charge in [-0.15, -0.1) is 0 Å². The average molecular weight is 538 g/mol. The fourth-order valence-electron chi connectivity index (χ4n) is 4.84. The van der Waals surface area contributed by atoms with Gasteiger partial charge >= 0.3 is 0 Å². The van der Waals surface area contributed by atoms with Crippen molar-refractivity contribution in [3.05, 3.63) is 89.3 Å². The number of nitrogens with zero attached hydrogens (tertiary/aromatic N) is 2. The largest absolute Gasteiger partial charge is 0.461 e. The van der Waals surface area contributed by atoms with Gasteiger partial charge in [0.1, 0.15) is 17.2 Å². The zero-order chi connectivity index (χ0) is 28.3. The Balaban J connectivity index is 1.35. The highest BCUT2D eigenvalue weighted by Crippen LogP contribution is 2.36. The van der Waals surface area contributed by atoms with E-state index in [0.29, 0.717) is 50.5 Å². The molecule has 0 aliphatic carbocycles. The quantitative estimate of drug-likeness (QED) is 0.288. The van der Waals surface area contributed by atoms with Gasteiger partial charge in [-0.25, -0.2) is 4.98 Å². The Hall–Kier alpha value is -4.23. The number of pyridine rings is 1. The molecule has 2 N–H and O–H groups in total. The number of rotatable bonds is 7. The van der Waals surface area contributed by atoms with Crippen molar-refractivity contribution in [3.63, 3.8) is 0 Å². The lowest BCUT2D eigenvalue weighted by Gasteiger charge is -2.26. The number of carbonyl (C=O) groups excluding carboxylic acids is 2. The van der Waals surface area contributed by atoms with Gasteiger partial charge in [-0.05, 0) is 76.7 Å². The number of allylic oxidation sites excluding steroid dienone is 1. The molecule has 4 aromatic rings. The van der Waals surface area contributed by atoms with E-state index in [-0.39, 0.29) is 17.1 Å². The number of fused-ring (bicyclic) bond motifs is 1. The van der Waals surface area contributed by atoms with Gasteiger partial charge in [0.25, 0.3) is 5.91 Å². The minimum atomic E-state index is -0.151. The summed E-state index contributed by atoms with van der Waals surface area (Å²) in [6.07, 6.45) is 5.81. The lowest BCUT2D eigenvalue weighted by Crippen LogP contribution is -2.40. The summed E-state index contributed by atoms with van der Waals surface area (Å²) in [5, 5.41) is 1.00. The fourth-order valence-corrected chi connectivity index (χ4v) is 4.84. The fraction of sp³-hybridized carbons (Fsp3) is 0.303. The van der Waals surface area contributed by atoms with Crippen LogP contribution in [-0.2, 0) is 21.4 Å². The van der Waals surface area contributed by atoms with Crippen molar-refractivity contribution in [1.82, 2.24) is 9.88 Å². The Morgan fingerprint density at radius 3 is 2.42 bits per heavy atom. The predicted molar refractivity (Wildman–Crippen MR) is 158 cm³/mol. The molecule has 7 heteroatoms. The molecule has 2 aromatic heterocycles. The highest BCUT2D eigenvalue weighted by atomic mass is 16.5. The normalized spacial score (nSPS) is 14.2. The van der Waals surface area contributed by atoms with Crippen molar-refractivity contribution in [2.45, 2.75) is 39.0 Å². The van der Waals surface area contributed by atoms with Crippen LogP contribution < -0.4 is 5.73 Å². The van der Waals surface area contributed by atoms with E-state index >= 15 is 0 Å². The summed E-state index contributed by atoms with van der Waals surface area (Å²) in [4.78, 5) is 31.3. The number of anilines is 1. The zero-order valence-corrected chi connectivity index (χ0v) is 23.3. The Bertz CT molecular complexity index is 1540. The molecule has 40 heavy (non-hydrogen) atoms. The minimum absolute atomic E-state index is 0.0146. The van der Waals surface area contributed by atoms with Crippen molar-refractivity contribution >= 4 is 34.6 Å². The van der Waals surface area contributed by atoms with Crippen molar-refractivity contribution in [2.24, 2.45) is 0 Å². The topological polar surface area (TPSA) is 98.7 Å². The molecule has 7 nitrogen and oxygen atoms in total. The number of aromatic nitrogens is 1. The van der Waals surface area contributed by atoms with E-state index in [4.69, 9.17) is 14.9 Å². The van der Waals surface area contributed by atoms with Gasteiger partial charge in [0, 0.05) is 48.6 Å². The number of benzene rings is 2. The van der Waals surface area contributed by atoms with Gasteiger partial charge in [0.15, 0.2) is 5.78 Å². The second kappa shape index (κ2) is 11.5. The van der Waals surface area contributed by atoms with E-state index in [1.807, 2.05) is 41.3 Å². The molecular weight excluding hydrogens is 502 g/mol. The van der Waals surface area contributed by atoms with Crippen LogP contribution in [-0.4, -0.2) is 47.9 Å². The molecule has 1 saturated heterocycles. The Morgan fingerprint density at radius 2 is 1.75 bits per heavy atom. The maximum Gasteiger partial charge on any atom is 0.254 e. The summed E-state index contributed by atoms with van der Waals surface area (Å²) < 4.78 is 11.7. The van der Waals surface area contributed by atoms with Crippen LogP contribution in [0, 0.1) is 0 Å². The molecule has 0 atom stereocenters. The number of amides is 1. The Kier molecular flexibility index (Phi) is 7.85. The van der Waals surface area contributed by atoms with E-state index < -0.39 is 0 Å². The van der Waals surface area contributed by atoms with Crippen molar-refractivity contribution in [1.29, 1.82) is 0 Å². The smallest absolute Gasteiger partial charge is 0.254 e. The molecule has 0 spiro atoms. The molecular formula is C33H35N3O4. The lowest BCUT2D eigenvalue weighted by atomic mass is 9.84. The lowest BCUT2D eigenvalue weighted by molar-refractivity contribution is -0.114. The summed E-state index contributed by atoms with van der Waals surface area (Å²) in [5.74, 6) is 1.28. The average Bonchev–Trinajstić information content (AvgIpc) is 3.38. The first-order valence-corrected chi connectivity index (χ1v) is 13.6. The molecule has 206 valence electrons. The number of hydrogen-bond acceptors (Lipinski definition) is 6. The molecule has 5 rings (SSSR count). The first-order valence-electron chi connectivity index (χ1n) is 13.6. The second-order valence-electron chi connectivity index (χ2n) is 11.2. The standard InChI is InChI=1S/C33H35N3O4/c1-33(2,3)29-20-25(23-6-8-24(9-7-23)32(38)36-14-16-39-17-15-36)18-26-19-28(40-31(26)29)12-11-27(37)10-4-22-5-13-30(34)35-21-22/h4-10,13,18-21H,11-12,14-17H2,1-3H3,(H2,34,35)/b10-4+. The van der Waals surface area contributed by atoms with Crippen molar-refractivity contribution in [3.8, 4) is 11.1 Å². The number of aryl methyl sites for hydroxylation is 1. The van der Waals surface area contributed by atoms with Crippen LogP contribution >= 0.6 is 0 Å². The first-order chi connectivity index (χ1) is 19.2. The monoisotopic (exact) mass is 537 g/mol. The number of morpholine rings is 1. The number of hydrogen-bond donors (Lipinski definition) is 1. The molecule has 1 aliphatic rings. The van der Waals surface area contributed by atoms with Gasteiger partial charge in [-0.3, -0.25) is 9.59 Å². The van der Waals surface area contributed by atoms with Crippen molar-refractivity contribution < 1.29 is 18.7 Å². The predicted octanol–water partition coefficient (Wildman–Crippen LogP) is 6.06. The Morgan fingerprint density at radius 1 is 1.00 bits per heavy atom. The Labute approximate surface area is 234 Å². The number of carbonyl (C=O) groups is 2. The first kappa shape index (κ1) is 27.3. The molecule has 1 aliphatic heterocycles. The van der Waals surface area contributed by atoms with Gasteiger partial charge in [-0.2, -0.15) is 0 Å². The van der Waals surface area contributed by atoms with Crippen LogP contribution in [0.1, 0.15) is 54.4 Å². The van der Waals surface area contributed by atoms with Crippen LogP contribution in [0.2, 0.25) is 0 Å². The number of nitrogen functional groups attached to an aromatic ring is 1. The van der Waals surface area contributed by atoms with Crippen LogP contribution in [0.15, 0.2) is 71.3 Å². The van der Waals surface area contributed by atoms with Crippen LogP contribution in [0.3, 0.4) is 0 Å². The molecule has 1 fully saturated rings. The molecule has 2 aromatic carbocycles. The molecule has 0 unspecified atom stereocenters. The van der Waals surface area contributed by atoms with Gasteiger partial charge in [-0.1, -0.05) is 32.9 Å². The molecule has 0 saturated carbocycles. The van der Waals surface area contributed by atoms with Crippen LogP contribution in [0.25, 0.3) is 28.2 Å². The number of nitrogens with two attached hydrogens (primary N) is 1. The van der Waals surface area contributed by atoms with Gasteiger partial charge in [0.05, 0.1) is 13.2 Å². The molecule has 3 heterocycles. The van der Waals surface area contributed by atoms with E-state index in [2.05, 4.69) is 37.9 Å². The SMILES string of the molecule is CC(C)(C)c1cc(-c2ccc(C(=O)N3CCOCC3)cc2)cc2cc(CCC(=O)/C=C/c3ccc(N)nc3)oc12. The number of furan rings is 1. The van der Waals surface area contributed by atoms with E-state index in [1.54, 1.807) is 24.4 Å². The van der Waals surface area contributed by atoms with E-state index in [9.17, 15) is 9.59 Å². The van der Waals surface area contributed by atoms with E-state index in [1.165, 1.54) is 0 Å². The van der Waals surface area contributed by atoms with Crippen LogP contribution in [0.5, 0.6) is 0 Å². The number of ketones is 1. The molecule has 0 radical (unpaired) electrons. The summed E-state index contributed by atoms with van der Waals surface area (Å²) in [5.41, 5.74) is 11.0. The highest BCUT2D eigenvalue weighted by molar-refractivity contribution is 5.95.